The molecule has 0 fully saturated rings. The highest BCUT2D eigenvalue weighted by Gasteiger charge is 2.04. The van der Waals surface area contributed by atoms with Crippen molar-refractivity contribution in [1.82, 2.24) is 5.32 Å². The fraction of sp³-hybridized carbons (Fsp3) is 0.263. The summed E-state index contributed by atoms with van der Waals surface area (Å²) in [5, 5.41) is 11.4. The molecule has 2 rings (SSSR count). The maximum Gasteiger partial charge on any atom is 0.303 e. The Morgan fingerprint density at radius 3 is 2.28 bits per heavy atom. The molecule has 132 valence electrons. The molecule has 0 aliphatic carbocycles. The molecular formula is C19H20FNO4. The molecule has 0 saturated heterocycles. The zero-order valence-electron chi connectivity index (χ0n) is 13.7. The normalized spacial score (nSPS) is 10.3. The van der Waals surface area contributed by atoms with E-state index in [9.17, 15) is 14.0 Å². The third kappa shape index (κ3) is 7.03. The molecule has 0 aromatic heterocycles. The van der Waals surface area contributed by atoms with Gasteiger partial charge >= 0.3 is 5.97 Å². The summed E-state index contributed by atoms with van der Waals surface area (Å²) in [5.41, 5.74) is 1.68. The largest absolute Gasteiger partial charge is 0.494 e. The van der Waals surface area contributed by atoms with Crippen molar-refractivity contribution < 1.29 is 23.8 Å². The van der Waals surface area contributed by atoms with Crippen LogP contribution in [-0.2, 0) is 22.6 Å². The molecule has 2 aromatic carbocycles. The predicted molar refractivity (Wildman–Crippen MR) is 90.8 cm³/mol. The summed E-state index contributed by atoms with van der Waals surface area (Å²) in [5.74, 6) is -0.642. The molecule has 0 heterocycles. The minimum Gasteiger partial charge on any atom is -0.494 e. The summed E-state index contributed by atoms with van der Waals surface area (Å²) in [4.78, 5) is 22.3. The Bertz CT molecular complexity index is 698. The molecule has 6 heteroatoms. The van der Waals surface area contributed by atoms with Crippen LogP contribution >= 0.6 is 0 Å². The molecule has 0 unspecified atom stereocenters. The van der Waals surface area contributed by atoms with Crippen LogP contribution in [0.15, 0.2) is 48.5 Å². The monoisotopic (exact) mass is 345 g/mol. The van der Waals surface area contributed by atoms with Crippen molar-refractivity contribution >= 4 is 11.9 Å². The van der Waals surface area contributed by atoms with Gasteiger partial charge in [0.05, 0.1) is 13.0 Å². The number of aliphatic carboxylic acids is 1. The van der Waals surface area contributed by atoms with Gasteiger partial charge < -0.3 is 15.2 Å². The van der Waals surface area contributed by atoms with Crippen molar-refractivity contribution in [2.24, 2.45) is 0 Å². The quantitative estimate of drug-likeness (QED) is 0.685. The van der Waals surface area contributed by atoms with Gasteiger partial charge in [0, 0.05) is 13.0 Å². The Labute approximate surface area is 145 Å². The molecule has 2 N–H and O–H groups in total. The number of halogens is 1. The summed E-state index contributed by atoms with van der Waals surface area (Å²) in [6.07, 6.45) is 0.736. The average molecular weight is 345 g/mol. The molecule has 0 aliphatic rings. The fourth-order valence-corrected chi connectivity index (χ4v) is 2.17. The summed E-state index contributed by atoms with van der Waals surface area (Å²) in [6.45, 7) is 0.735. The summed E-state index contributed by atoms with van der Waals surface area (Å²) in [6, 6.07) is 13.1. The lowest BCUT2D eigenvalue weighted by Crippen LogP contribution is -2.24. The lowest BCUT2D eigenvalue weighted by molar-refractivity contribution is -0.137. The van der Waals surface area contributed by atoms with Crippen molar-refractivity contribution in [2.75, 3.05) is 6.61 Å². The van der Waals surface area contributed by atoms with E-state index in [0.717, 1.165) is 11.1 Å². The van der Waals surface area contributed by atoms with E-state index in [-0.39, 0.29) is 24.6 Å². The Morgan fingerprint density at radius 1 is 1.00 bits per heavy atom. The van der Waals surface area contributed by atoms with Gasteiger partial charge in [0.25, 0.3) is 0 Å². The van der Waals surface area contributed by atoms with Crippen molar-refractivity contribution in [3.05, 3.63) is 65.5 Å². The van der Waals surface area contributed by atoms with Crippen molar-refractivity contribution in [2.45, 2.75) is 25.8 Å². The highest BCUT2D eigenvalue weighted by molar-refractivity contribution is 5.78. The first-order valence-corrected chi connectivity index (χ1v) is 7.97. The van der Waals surface area contributed by atoms with E-state index in [4.69, 9.17) is 9.84 Å². The average Bonchev–Trinajstić information content (AvgIpc) is 2.60. The van der Waals surface area contributed by atoms with Gasteiger partial charge in [-0.3, -0.25) is 9.59 Å². The Kier molecular flexibility index (Phi) is 6.95. The predicted octanol–water partition coefficient (Wildman–Crippen LogP) is 2.93. The molecule has 0 aliphatic heterocycles. The molecule has 0 saturated carbocycles. The standard InChI is InChI=1S/C19H20FNO4/c20-16-7-3-14(4-8-16)12-18(22)21-13-15-5-9-17(10-6-15)25-11-1-2-19(23)24/h3-10H,1-2,11-13H2,(H,21,22)(H,23,24). The van der Waals surface area contributed by atoms with Crippen LogP contribution in [0.1, 0.15) is 24.0 Å². The van der Waals surface area contributed by atoms with Gasteiger partial charge in [0.1, 0.15) is 11.6 Å². The number of carboxylic acid groups (broad SMARTS) is 1. The number of ether oxygens (including phenoxy) is 1. The first-order valence-electron chi connectivity index (χ1n) is 7.97. The number of nitrogens with one attached hydrogen (secondary N) is 1. The highest BCUT2D eigenvalue weighted by Crippen LogP contribution is 2.13. The van der Waals surface area contributed by atoms with Crippen molar-refractivity contribution in [3.63, 3.8) is 0 Å². The molecule has 5 nitrogen and oxygen atoms in total. The maximum absolute atomic E-state index is 12.8. The number of carboxylic acids is 1. The van der Waals surface area contributed by atoms with E-state index >= 15 is 0 Å². The second kappa shape index (κ2) is 9.42. The maximum atomic E-state index is 12.8. The zero-order chi connectivity index (χ0) is 18.1. The van der Waals surface area contributed by atoms with Crippen LogP contribution < -0.4 is 10.1 Å². The van der Waals surface area contributed by atoms with Gasteiger partial charge in [-0.05, 0) is 41.8 Å². The topological polar surface area (TPSA) is 75.6 Å². The smallest absolute Gasteiger partial charge is 0.303 e. The minimum absolute atomic E-state index is 0.0815. The Balaban J connectivity index is 1.72. The molecule has 0 radical (unpaired) electrons. The second-order valence-electron chi connectivity index (χ2n) is 5.57. The number of carbonyl (C=O) groups is 2. The minimum atomic E-state index is -0.838. The van der Waals surface area contributed by atoms with Crippen LogP contribution in [0.25, 0.3) is 0 Å². The summed E-state index contributed by atoms with van der Waals surface area (Å²) >= 11 is 0. The molecule has 0 bridgehead atoms. The third-order valence-corrected chi connectivity index (χ3v) is 3.49. The third-order valence-electron chi connectivity index (χ3n) is 3.49. The van der Waals surface area contributed by atoms with Crippen LogP contribution in [0.2, 0.25) is 0 Å². The lowest BCUT2D eigenvalue weighted by atomic mass is 10.1. The van der Waals surface area contributed by atoms with E-state index in [1.807, 2.05) is 12.1 Å². The van der Waals surface area contributed by atoms with Gasteiger partial charge in [0.15, 0.2) is 0 Å². The van der Waals surface area contributed by atoms with Gasteiger partial charge in [-0.25, -0.2) is 4.39 Å². The van der Waals surface area contributed by atoms with Crippen molar-refractivity contribution in [1.29, 1.82) is 0 Å². The number of amides is 1. The van der Waals surface area contributed by atoms with Gasteiger partial charge in [-0.1, -0.05) is 24.3 Å². The number of hydrogen-bond acceptors (Lipinski definition) is 3. The second-order valence-corrected chi connectivity index (χ2v) is 5.57. The van der Waals surface area contributed by atoms with Crippen LogP contribution in [0.3, 0.4) is 0 Å². The first kappa shape index (κ1) is 18.4. The van der Waals surface area contributed by atoms with Gasteiger partial charge in [0.2, 0.25) is 5.91 Å². The SMILES string of the molecule is O=C(O)CCCOc1ccc(CNC(=O)Cc2ccc(F)cc2)cc1. The fourth-order valence-electron chi connectivity index (χ4n) is 2.17. The van der Waals surface area contributed by atoms with Crippen LogP contribution in [-0.4, -0.2) is 23.6 Å². The first-order chi connectivity index (χ1) is 12.0. The van der Waals surface area contributed by atoms with E-state index in [0.29, 0.717) is 25.3 Å². The van der Waals surface area contributed by atoms with Crippen LogP contribution in [0.5, 0.6) is 5.75 Å². The number of rotatable bonds is 9. The van der Waals surface area contributed by atoms with E-state index in [1.165, 1.54) is 12.1 Å². The molecule has 2 aromatic rings. The highest BCUT2D eigenvalue weighted by atomic mass is 19.1. The molecule has 25 heavy (non-hydrogen) atoms. The molecule has 0 spiro atoms. The molecule has 0 atom stereocenters. The van der Waals surface area contributed by atoms with Gasteiger partial charge in [-0.15, -0.1) is 0 Å². The number of hydrogen-bond donors (Lipinski definition) is 2. The van der Waals surface area contributed by atoms with E-state index < -0.39 is 5.97 Å². The molecule has 1 amide bonds. The van der Waals surface area contributed by atoms with E-state index in [2.05, 4.69) is 5.32 Å². The Hall–Kier alpha value is -2.89. The summed E-state index contributed by atoms with van der Waals surface area (Å²) < 4.78 is 18.3. The number of carbonyl (C=O) groups excluding carboxylic acids is 1. The number of benzene rings is 2. The summed E-state index contributed by atoms with van der Waals surface area (Å²) in [7, 11) is 0. The molecular weight excluding hydrogens is 325 g/mol. The zero-order valence-corrected chi connectivity index (χ0v) is 13.7. The van der Waals surface area contributed by atoms with Crippen LogP contribution in [0.4, 0.5) is 4.39 Å². The lowest BCUT2D eigenvalue weighted by Gasteiger charge is -2.08. The van der Waals surface area contributed by atoms with Crippen LogP contribution in [0, 0.1) is 5.82 Å². The van der Waals surface area contributed by atoms with E-state index in [1.54, 1.807) is 24.3 Å². The Morgan fingerprint density at radius 2 is 1.64 bits per heavy atom. The van der Waals surface area contributed by atoms with Gasteiger partial charge in [-0.2, -0.15) is 0 Å². The van der Waals surface area contributed by atoms with Crippen molar-refractivity contribution in [3.8, 4) is 5.75 Å².